The standard InChI is InChI=1S/C16H21FN4O2/c1-9-13(10(2)20-19-9)7-15(22)18-14-8-21(16(14)23)12-5-3-11(17)4-6-12/h3-6,9-10,13-14,19-20H,7-8H2,1-2H3,(H,18,22). The van der Waals surface area contributed by atoms with Gasteiger partial charge in [0.2, 0.25) is 5.91 Å². The minimum Gasteiger partial charge on any atom is -0.343 e. The van der Waals surface area contributed by atoms with Gasteiger partial charge in [0.15, 0.2) is 0 Å². The van der Waals surface area contributed by atoms with Crippen molar-refractivity contribution >= 4 is 17.5 Å². The second-order valence-corrected chi connectivity index (χ2v) is 6.28. The normalized spacial score (nSPS) is 30.2. The number of amides is 2. The molecule has 2 amide bonds. The number of hydrogen-bond donors (Lipinski definition) is 3. The molecule has 0 bridgehead atoms. The van der Waals surface area contributed by atoms with Crippen molar-refractivity contribution in [2.24, 2.45) is 5.92 Å². The molecule has 3 N–H and O–H groups in total. The minimum absolute atomic E-state index is 0.115. The largest absolute Gasteiger partial charge is 0.343 e. The molecule has 0 spiro atoms. The van der Waals surface area contributed by atoms with Crippen LogP contribution in [0.15, 0.2) is 24.3 Å². The molecular formula is C16H21FN4O2. The average Bonchev–Trinajstić information content (AvgIpc) is 2.84. The molecule has 3 rings (SSSR count). The molecule has 0 aliphatic carbocycles. The van der Waals surface area contributed by atoms with Gasteiger partial charge in [-0.2, -0.15) is 0 Å². The van der Waals surface area contributed by atoms with E-state index >= 15 is 0 Å². The Morgan fingerprint density at radius 1 is 1.26 bits per heavy atom. The van der Waals surface area contributed by atoms with Crippen LogP contribution in [0.3, 0.4) is 0 Å². The first-order valence-corrected chi connectivity index (χ1v) is 7.83. The van der Waals surface area contributed by atoms with E-state index in [1.54, 1.807) is 12.1 Å². The zero-order valence-electron chi connectivity index (χ0n) is 13.2. The lowest BCUT2D eigenvalue weighted by molar-refractivity contribution is -0.131. The molecule has 23 heavy (non-hydrogen) atoms. The number of nitrogens with zero attached hydrogens (tertiary/aromatic N) is 1. The van der Waals surface area contributed by atoms with Crippen LogP contribution in [0.1, 0.15) is 20.3 Å². The van der Waals surface area contributed by atoms with Crippen LogP contribution in [0.5, 0.6) is 0 Å². The van der Waals surface area contributed by atoms with E-state index in [1.165, 1.54) is 17.0 Å². The number of carbonyl (C=O) groups is 2. The molecule has 7 heteroatoms. The molecule has 2 aliphatic rings. The lowest BCUT2D eigenvalue weighted by Crippen LogP contribution is -2.64. The van der Waals surface area contributed by atoms with E-state index in [2.05, 4.69) is 16.2 Å². The van der Waals surface area contributed by atoms with Crippen molar-refractivity contribution in [2.45, 2.75) is 38.4 Å². The summed E-state index contributed by atoms with van der Waals surface area (Å²) in [5.41, 5.74) is 6.87. The van der Waals surface area contributed by atoms with Gasteiger partial charge in [0.05, 0.1) is 6.54 Å². The Bertz CT molecular complexity index is 597. The number of β-lactam (4-membered cyclic amide) rings is 1. The van der Waals surface area contributed by atoms with Gasteiger partial charge in [0.25, 0.3) is 5.91 Å². The van der Waals surface area contributed by atoms with Gasteiger partial charge in [-0.15, -0.1) is 0 Å². The van der Waals surface area contributed by atoms with Crippen molar-refractivity contribution in [1.29, 1.82) is 0 Å². The Labute approximate surface area is 134 Å². The fourth-order valence-corrected chi connectivity index (χ4v) is 3.12. The van der Waals surface area contributed by atoms with E-state index in [4.69, 9.17) is 0 Å². The summed E-state index contributed by atoms with van der Waals surface area (Å²) >= 11 is 0. The van der Waals surface area contributed by atoms with Gasteiger partial charge in [-0.25, -0.2) is 4.39 Å². The highest BCUT2D eigenvalue weighted by Crippen LogP contribution is 2.23. The van der Waals surface area contributed by atoms with E-state index < -0.39 is 6.04 Å². The molecule has 2 heterocycles. The van der Waals surface area contributed by atoms with Crippen molar-refractivity contribution < 1.29 is 14.0 Å². The Kier molecular flexibility index (Phi) is 4.32. The summed E-state index contributed by atoms with van der Waals surface area (Å²) < 4.78 is 12.9. The summed E-state index contributed by atoms with van der Waals surface area (Å²) in [4.78, 5) is 25.8. The molecule has 0 aromatic heterocycles. The number of carbonyl (C=O) groups excluding carboxylic acids is 2. The highest BCUT2D eigenvalue weighted by molar-refractivity contribution is 6.05. The minimum atomic E-state index is -0.486. The van der Waals surface area contributed by atoms with Crippen LogP contribution in [-0.2, 0) is 9.59 Å². The SMILES string of the molecule is CC1NNC(C)C1CC(=O)NC1CN(c2ccc(F)cc2)C1=O. The molecule has 6 nitrogen and oxygen atoms in total. The van der Waals surface area contributed by atoms with Gasteiger partial charge in [-0.1, -0.05) is 0 Å². The fraction of sp³-hybridized carbons (Fsp3) is 0.500. The molecule has 2 aliphatic heterocycles. The smallest absolute Gasteiger partial charge is 0.251 e. The number of halogens is 1. The van der Waals surface area contributed by atoms with Crippen molar-refractivity contribution in [3.63, 3.8) is 0 Å². The van der Waals surface area contributed by atoms with E-state index in [1.807, 2.05) is 13.8 Å². The number of hydrazine groups is 1. The maximum atomic E-state index is 12.9. The van der Waals surface area contributed by atoms with E-state index in [0.717, 1.165) is 0 Å². The van der Waals surface area contributed by atoms with Crippen LogP contribution in [0.25, 0.3) is 0 Å². The zero-order valence-corrected chi connectivity index (χ0v) is 13.2. The van der Waals surface area contributed by atoms with Gasteiger partial charge < -0.3 is 10.2 Å². The van der Waals surface area contributed by atoms with Gasteiger partial charge in [-0.3, -0.25) is 20.4 Å². The summed E-state index contributed by atoms with van der Waals surface area (Å²) in [6.45, 7) is 4.47. The molecule has 124 valence electrons. The molecule has 3 atom stereocenters. The van der Waals surface area contributed by atoms with E-state index in [0.29, 0.717) is 18.7 Å². The number of benzene rings is 1. The van der Waals surface area contributed by atoms with Crippen LogP contribution < -0.4 is 21.1 Å². The van der Waals surface area contributed by atoms with Gasteiger partial charge in [0.1, 0.15) is 11.9 Å². The van der Waals surface area contributed by atoms with Crippen molar-refractivity contribution in [3.05, 3.63) is 30.1 Å². The molecule has 2 fully saturated rings. The third-order valence-corrected chi connectivity index (χ3v) is 4.65. The molecule has 1 aromatic rings. The van der Waals surface area contributed by atoms with Gasteiger partial charge >= 0.3 is 0 Å². The molecule has 3 unspecified atom stereocenters. The number of rotatable bonds is 4. The summed E-state index contributed by atoms with van der Waals surface area (Å²) in [5.74, 6) is -0.419. The highest BCUT2D eigenvalue weighted by atomic mass is 19.1. The first-order valence-electron chi connectivity index (χ1n) is 7.83. The van der Waals surface area contributed by atoms with Crippen LogP contribution in [-0.4, -0.2) is 36.5 Å². The lowest BCUT2D eigenvalue weighted by atomic mass is 9.92. The first kappa shape index (κ1) is 15.9. The van der Waals surface area contributed by atoms with Crippen molar-refractivity contribution in [1.82, 2.24) is 16.2 Å². The van der Waals surface area contributed by atoms with Crippen LogP contribution >= 0.6 is 0 Å². The number of hydrogen-bond acceptors (Lipinski definition) is 4. The Morgan fingerprint density at radius 2 is 1.87 bits per heavy atom. The maximum absolute atomic E-state index is 12.9. The second-order valence-electron chi connectivity index (χ2n) is 6.28. The molecule has 0 saturated carbocycles. The summed E-state index contributed by atoms with van der Waals surface area (Å²) in [7, 11) is 0. The topological polar surface area (TPSA) is 73.5 Å². The maximum Gasteiger partial charge on any atom is 0.251 e. The average molecular weight is 320 g/mol. The summed E-state index contributed by atoms with van der Waals surface area (Å²) in [6.07, 6.45) is 0.378. The van der Waals surface area contributed by atoms with Crippen LogP contribution in [0.4, 0.5) is 10.1 Å². The van der Waals surface area contributed by atoms with E-state index in [-0.39, 0.29) is 35.6 Å². The highest BCUT2D eigenvalue weighted by Gasteiger charge is 2.39. The quantitative estimate of drug-likeness (QED) is 0.708. The Hall–Kier alpha value is -1.99. The molecule has 2 saturated heterocycles. The first-order chi connectivity index (χ1) is 11.0. The Balaban J connectivity index is 1.51. The van der Waals surface area contributed by atoms with E-state index in [9.17, 15) is 14.0 Å². The predicted octanol–water partition coefficient (Wildman–Crippen LogP) is 0.548. The van der Waals surface area contributed by atoms with Crippen LogP contribution in [0.2, 0.25) is 0 Å². The second kappa shape index (κ2) is 6.25. The Morgan fingerprint density at radius 3 is 2.43 bits per heavy atom. The van der Waals surface area contributed by atoms with Crippen molar-refractivity contribution in [3.8, 4) is 0 Å². The predicted molar refractivity (Wildman–Crippen MR) is 84.0 cm³/mol. The van der Waals surface area contributed by atoms with Gasteiger partial charge in [-0.05, 0) is 38.1 Å². The summed E-state index contributed by atoms with van der Waals surface area (Å²) in [5, 5.41) is 2.79. The molecular weight excluding hydrogens is 299 g/mol. The molecule has 1 aromatic carbocycles. The van der Waals surface area contributed by atoms with Crippen molar-refractivity contribution in [2.75, 3.05) is 11.4 Å². The number of nitrogens with one attached hydrogen (secondary N) is 3. The van der Waals surface area contributed by atoms with Gasteiger partial charge in [0, 0.05) is 30.1 Å². The van der Waals surface area contributed by atoms with Crippen LogP contribution in [0, 0.1) is 11.7 Å². The zero-order chi connectivity index (χ0) is 16.6. The monoisotopic (exact) mass is 320 g/mol. The lowest BCUT2D eigenvalue weighted by Gasteiger charge is -2.38. The summed E-state index contributed by atoms with van der Waals surface area (Å²) in [6, 6.07) is 5.69. The number of anilines is 1. The third-order valence-electron chi connectivity index (χ3n) is 4.65. The fourth-order valence-electron chi connectivity index (χ4n) is 3.12. The third kappa shape index (κ3) is 3.20. The molecule has 0 radical (unpaired) electrons.